The van der Waals surface area contributed by atoms with E-state index in [2.05, 4.69) is 32.3 Å². The molecule has 3 aliphatic heterocycles. The molecule has 5 atom stereocenters. The van der Waals surface area contributed by atoms with Crippen molar-refractivity contribution >= 4 is 64.9 Å². The number of benzene rings is 1. The number of carbonyl (C=O) groups is 7. The summed E-state index contributed by atoms with van der Waals surface area (Å²) < 4.78 is 0. The molecule has 7 amide bonds. The number of nitrogens with two attached hydrogens (primary N) is 1. The fourth-order valence-corrected chi connectivity index (χ4v) is 8.99. The third kappa shape index (κ3) is 12.7. The van der Waals surface area contributed by atoms with Crippen LogP contribution < -0.4 is 27.0 Å². The van der Waals surface area contributed by atoms with E-state index < -0.39 is 59.7 Å². The molecule has 0 unspecified atom stereocenters. The van der Waals surface area contributed by atoms with Crippen molar-refractivity contribution < 1.29 is 33.6 Å². The van der Waals surface area contributed by atoms with Gasteiger partial charge in [-0.15, -0.1) is 0 Å². The first kappa shape index (κ1) is 43.5. The van der Waals surface area contributed by atoms with Crippen LogP contribution in [0.3, 0.4) is 0 Å². The molecule has 2 bridgehead atoms. The van der Waals surface area contributed by atoms with Gasteiger partial charge in [0.05, 0.1) is 0 Å². The second-order valence-electron chi connectivity index (χ2n) is 14.6. The van der Waals surface area contributed by atoms with Gasteiger partial charge in [-0.2, -0.15) is 23.5 Å². The monoisotopic (exact) mass is 822 g/mol. The van der Waals surface area contributed by atoms with Gasteiger partial charge in [0.25, 0.3) is 0 Å². The van der Waals surface area contributed by atoms with Gasteiger partial charge < -0.3 is 36.8 Å². The zero-order chi connectivity index (χ0) is 40.7. The van der Waals surface area contributed by atoms with Crippen molar-refractivity contribution in [1.29, 1.82) is 0 Å². The van der Waals surface area contributed by atoms with Crippen LogP contribution >= 0.6 is 23.5 Å². The molecule has 15 nitrogen and oxygen atoms in total. The number of fused-ring (bicyclic) bond motifs is 4. The van der Waals surface area contributed by atoms with Crippen molar-refractivity contribution in [2.24, 2.45) is 5.73 Å². The van der Waals surface area contributed by atoms with Gasteiger partial charge in [0.1, 0.15) is 30.2 Å². The van der Waals surface area contributed by atoms with Crippen molar-refractivity contribution in [2.75, 3.05) is 31.1 Å². The summed E-state index contributed by atoms with van der Waals surface area (Å²) in [6, 6.07) is 6.51. The molecule has 2 fully saturated rings. The van der Waals surface area contributed by atoms with Gasteiger partial charge >= 0.3 is 0 Å². The first-order valence-corrected chi connectivity index (χ1v) is 22.0. The molecule has 0 radical (unpaired) electrons. The molecule has 4 heterocycles. The second kappa shape index (κ2) is 21.8. The third-order valence-corrected chi connectivity index (χ3v) is 12.4. The highest BCUT2D eigenvalue weighted by Crippen LogP contribution is 2.26. The van der Waals surface area contributed by atoms with Crippen LogP contribution in [-0.2, 0) is 51.5 Å². The van der Waals surface area contributed by atoms with E-state index in [1.54, 1.807) is 35.3 Å². The highest BCUT2D eigenvalue weighted by Gasteiger charge is 2.42. The van der Waals surface area contributed by atoms with Crippen molar-refractivity contribution in [3.05, 3.63) is 65.5 Å². The number of aromatic nitrogens is 1. The molecule has 57 heavy (non-hydrogen) atoms. The predicted octanol–water partition coefficient (Wildman–Crippen LogP) is 1.42. The van der Waals surface area contributed by atoms with Crippen molar-refractivity contribution in [3.63, 3.8) is 0 Å². The largest absolute Gasteiger partial charge is 0.370 e. The van der Waals surface area contributed by atoms with E-state index >= 15 is 0 Å². The number of nitrogens with one attached hydrogen (secondary N) is 4. The van der Waals surface area contributed by atoms with Gasteiger partial charge in [-0.1, -0.05) is 43.3 Å². The average molecular weight is 823 g/mol. The number of primary amides is 1. The predicted molar refractivity (Wildman–Crippen MR) is 218 cm³/mol. The van der Waals surface area contributed by atoms with Crippen LogP contribution in [0.15, 0.2) is 48.8 Å². The molecule has 0 saturated carbocycles. The molecule has 1 aromatic carbocycles. The smallest absolute Gasteiger partial charge is 0.246 e. The fraction of sp³-hybridized carbons (Fsp3) is 0.550. The molecular formula is C40H54N8O7S2. The maximum absolute atomic E-state index is 13.9. The van der Waals surface area contributed by atoms with Crippen molar-refractivity contribution in [2.45, 2.75) is 106 Å². The summed E-state index contributed by atoms with van der Waals surface area (Å²) in [5.74, 6) is -0.759. The van der Waals surface area contributed by atoms with Crippen molar-refractivity contribution in [3.8, 4) is 0 Å². The van der Waals surface area contributed by atoms with E-state index in [-0.39, 0.29) is 43.9 Å². The lowest BCUT2D eigenvalue weighted by molar-refractivity contribution is -0.146. The Morgan fingerprint density at radius 2 is 1.42 bits per heavy atom. The van der Waals surface area contributed by atoms with Gasteiger partial charge in [0.15, 0.2) is 0 Å². The Labute approximate surface area is 342 Å². The normalized spacial score (nSPS) is 25.2. The van der Waals surface area contributed by atoms with Gasteiger partial charge in [-0.05, 0) is 55.2 Å². The van der Waals surface area contributed by atoms with Crippen LogP contribution in [0.2, 0.25) is 0 Å². The number of hydrogen-bond donors (Lipinski definition) is 5. The van der Waals surface area contributed by atoms with E-state index in [0.717, 1.165) is 16.7 Å². The van der Waals surface area contributed by atoms with E-state index in [1.165, 1.54) is 4.90 Å². The zero-order valence-corrected chi connectivity index (χ0v) is 34.0. The maximum atomic E-state index is 13.9. The highest BCUT2D eigenvalue weighted by molar-refractivity contribution is 7.98. The molecule has 3 aliphatic rings. The topological polar surface area (TPSA) is 213 Å². The summed E-state index contributed by atoms with van der Waals surface area (Å²) in [5.41, 5.74) is 8.31. The van der Waals surface area contributed by atoms with Gasteiger partial charge in [0.2, 0.25) is 41.4 Å². The summed E-state index contributed by atoms with van der Waals surface area (Å²) in [5, 5.41) is 11.2. The van der Waals surface area contributed by atoms with E-state index in [9.17, 15) is 33.6 Å². The summed E-state index contributed by atoms with van der Waals surface area (Å²) >= 11 is 3.25. The van der Waals surface area contributed by atoms with Crippen LogP contribution in [0.5, 0.6) is 0 Å². The number of carbonyl (C=O) groups excluding carboxylic acids is 7. The Morgan fingerprint density at radius 3 is 2.12 bits per heavy atom. The second-order valence-corrected chi connectivity index (χ2v) is 16.8. The molecule has 2 saturated heterocycles. The number of pyridine rings is 1. The molecule has 6 N–H and O–H groups in total. The van der Waals surface area contributed by atoms with Crippen LogP contribution in [0, 0.1) is 0 Å². The summed E-state index contributed by atoms with van der Waals surface area (Å²) in [6.45, 7) is 2.87. The molecule has 1 aromatic heterocycles. The molecule has 0 aliphatic carbocycles. The van der Waals surface area contributed by atoms with Crippen LogP contribution in [-0.4, -0.2) is 117 Å². The Balaban J connectivity index is 1.36. The minimum absolute atomic E-state index is 0.0916. The SMILES string of the molecule is CC[C@@H]1NC(=O)[C@@H]2CCCN2C(=O)[C@@H]2CCCN2C(=O)CCSCc2cncc(c2)CSCCNC(=O)[C@H](Cc2ccccc2)NC(=O)[C@H](CCC(N)=O)NC1=O. The average Bonchev–Trinajstić information content (AvgIpc) is 3.91. The fourth-order valence-electron chi connectivity index (χ4n) is 7.35. The van der Waals surface area contributed by atoms with Crippen LogP contribution in [0.25, 0.3) is 0 Å². The quantitative estimate of drug-likeness (QED) is 0.283. The number of amides is 7. The van der Waals surface area contributed by atoms with E-state index in [4.69, 9.17) is 5.73 Å². The Kier molecular flexibility index (Phi) is 16.6. The maximum Gasteiger partial charge on any atom is 0.246 e. The highest BCUT2D eigenvalue weighted by atomic mass is 32.2. The standard InChI is InChI=1S/C40H54N8O7S2/c1-2-29-37(52)45-30(12-13-34(41)49)38(53)46-31(21-26-8-4-3-5-9-26)36(51)43-15-19-57-25-28-20-27(22-42-23-28)24-56-18-14-35(50)47-16-7-11-33(47)40(55)48-17-6-10-32(48)39(54)44-29/h3-5,8-9,20,22-23,29-33H,2,6-7,10-19,21,24-25H2,1H3,(H2,41,49)(H,43,51)(H,44,54)(H,45,52)(H,46,53)/t29-,30-,31-,32-,33-/m0/s1. The first-order chi connectivity index (χ1) is 27.5. The van der Waals surface area contributed by atoms with Crippen LogP contribution in [0.1, 0.15) is 75.0 Å². The summed E-state index contributed by atoms with van der Waals surface area (Å²) in [4.78, 5) is 102. The molecule has 308 valence electrons. The molecule has 2 aromatic rings. The first-order valence-electron chi connectivity index (χ1n) is 19.7. The number of rotatable bonds is 6. The van der Waals surface area contributed by atoms with Gasteiger partial charge in [0, 0.05) is 74.3 Å². The van der Waals surface area contributed by atoms with E-state index in [1.807, 2.05) is 42.7 Å². The third-order valence-electron chi connectivity index (χ3n) is 10.4. The zero-order valence-electron chi connectivity index (χ0n) is 32.4. The minimum atomic E-state index is -1.25. The van der Waals surface area contributed by atoms with E-state index in [0.29, 0.717) is 68.3 Å². The lowest BCUT2D eigenvalue weighted by atomic mass is 10.0. The minimum Gasteiger partial charge on any atom is -0.370 e. The lowest BCUT2D eigenvalue weighted by Crippen LogP contribution is -2.59. The molecule has 5 rings (SSSR count). The molecule has 17 heteroatoms. The number of nitrogens with zero attached hydrogens (tertiary/aromatic N) is 3. The van der Waals surface area contributed by atoms with Gasteiger partial charge in [-0.3, -0.25) is 38.5 Å². The number of hydrogen-bond acceptors (Lipinski definition) is 10. The summed E-state index contributed by atoms with van der Waals surface area (Å²) in [7, 11) is 0. The Morgan fingerprint density at radius 1 is 0.789 bits per heavy atom. The Hall–Kier alpha value is -4.64. The lowest BCUT2D eigenvalue weighted by Gasteiger charge is -2.32. The van der Waals surface area contributed by atoms with Crippen molar-refractivity contribution in [1.82, 2.24) is 36.1 Å². The molecular weight excluding hydrogens is 769 g/mol. The number of thioether (sulfide) groups is 2. The Bertz CT molecular complexity index is 1750. The van der Waals surface area contributed by atoms with Crippen LogP contribution in [0.4, 0.5) is 0 Å². The summed E-state index contributed by atoms with van der Waals surface area (Å²) in [6.07, 6.45) is 6.09. The molecule has 0 spiro atoms. The van der Waals surface area contributed by atoms with Gasteiger partial charge in [-0.25, -0.2) is 0 Å².